The lowest BCUT2D eigenvalue weighted by Crippen LogP contribution is -1.94. The highest BCUT2D eigenvalue weighted by Crippen LogP contribution is 2.38. The second kappa shape index (κ2) is 4.32. The van der Waals surface area contributed by atoms with E-state index >= 15 is 0 Å². The number of benzene rings is 1. The van der Waals surface area contributed by atoms with Gasteiger partial charge in [-0.2, -0.15) is 0 Å². The van der Waals surface area contributed by atoms with E-state index in [0.717, 1.165) is 0 Å². The highest BCUT2D eigenvalue weighted by molar-refractivity contribution is 5.75. The number of nitrogen functional groups attached to an aromatic ring is 1. The third-order valence-electron chi connectivity index (χ3n) is 2.26. The topological polar surface area (TPSA) is 70.5 Å². The van der Waals surface area contributed by atoms with Gasteiger partial charge in [-0.15, -0.1) is 0 Å². The summed E-state index contributed by atoms with van der Waals surface area (Å²) < 4.78 is 28.2. The van der Waals surface area contributed by atoms with Gasteiger partial charge in [0.15, 0.2) is 0 Å². The summed E-state index contributed by atoms with van der Waals surface area (Å²) in [7, 11) is 2.86. The molecule has 90 valence electrons. The van der Waals surface area contributed by atoms with Gasteiger partial charge in [0, 0.05) is 18.2 Å². The molecule has 0 spiro atoms. The monoisotopic (exact) mass is 238 g/mol. The fourth-order valence-electron chi connectivity index (χ4n) is 1.54. The van der Waals surface area contributed by atoms with Gasteiger partial charge in [0.1, 0.15) is 23.0 Å². The number of nitrogens with zero attached hydrogens (tertiary/aromatic N) is 1. The molecule has 0 unspecified atom stereocenters. The second-order valence-electron chi connectivity index (χ2n) is 3.30. The maximum Gasteiger partial charge on any atom is 0.222 e. The average molecular weight is 238 g/mol. The van der Waals surface area contributed by atoms with E-state index in [-0.39, 0.29) is 5.88 Å². The Kier molecular flexibility index (Phi) is 2.86. The first kappa shape index (κ1) is 11.3. The number of ether oxygens (including phenoxy) is 2. The zero-order valence-electron chi connectivity index (χ0n) is 9.36. The van der Waals surface area contributed by atoms with Crippen molar-refractivity contribution in [3.63, 3.8) is 0 Å². The number of anilines is 1. The number of nitrogens with two attached hydrogens (primary N) is 1. The lowest BCUT2D eigenvalue weighted by atomic mass is 10.1. The summed E-state index contributed by atoms with van der Waals surface area (Å²) in [6.07, 6.45) is 0. The normalized spacial score (nSPS) is 10.3. The van der Waals surface area contributed by atoms with Gasteiger partial charge in [0.05, 0.1) is 19.8 Å². The second-order valence-corrected chi connectivity index (χ2v) is 3.30. The van der Waals surface area contributed by atoms with Crippen LogP contribution in [0.5, 0.6) is 11.5 Å². The first-order valence-electron chi connectivity index (χ1n) is 4.79. The summed E-state index contributed by atoms with van der Waals surface area (Å²) in [4.78, 5) is 0. The third-order valence-corrected chi connectivity index (χ3v) is 2.26. The molecule has 0 atom stereocenters. The number of halogens is 1. The molecular formula is C11H11FN2O3. The lowest BCUT2D eigenvalue weighted by Gasteiger charge is -2.10. The molecule has 0 fully saturated rings. The predicted octanol–water partition coefficient (Wildman–Crippen LogP) is 2.08. The van der Waals surface area contributed by atoms with Crippen LogP contribution in [0.4, 0.5) is 10.3 Å². The molecule has 2 N–H and O–H groups in total. The average Bonchev–Trinajstić information content (AvgIpc) is 2.74. The van der Waals surface area contributed by atoms with Crippen LogP contribution >= 0.6 is 0 Å². The van der Waals surface area contributed by atoms with Crippen molar-refractivity contribution in [1.82, 2.24) is 5.16 Å². The Balaban J connectivity index is 2.65. The fraction of sp³-hybridized carbons (Fsp3) is 0.182. The van der Waals surface area contributed by atoms with Crippen LogP contribution in [0.25, 0.3) is 11.3 Å². The lowest BCUT2D eigenvalue weighted by molar-refractivity contribution is 0.389. The number of methoxy groups -OCH3 is 2. The van der Waals surface area contributed by atoms with Crippen LogP contribution in [0.3, 0.4) is 0 Å². The van der Waals surface area contributed by atoms with Crippen molar-refractivity contribution in [3.05, 3.63) is 24.0 Å². The van der Waals surface area contributed by atoms with E-state index in [9.17, 15) is 4.39 Å². The van der Waals surface area contributed by atoms with E-state index < -0.39 is 5.82 Å². The number of aromatic nitrogens is 1. The van der Waals surface area contributed by atoms with Crippen molar-refractivity contribution in [2.75, 3.05) is 20.0 Å². The SMILES string of the molecule is COc1cc(F)cc(OC)c1-c1cc(N)on1. The maximum absolute atomic E-state index is 13.3. The summed E-state index contributed by atoms with van der Waals surface area (Å²) in [5.41, 5.74) is 6.37. The van der Waals surface area contributed by atoms with Gasteiger partial charge in [0.25, 0.3) is 0 Å². The van der Waals surface area contributed by atoms with E-state index in [1.807, 2.05) is 0 Å². The van der Waals surface area contributed by atoms with Crippen LogP contribution in [0.1, 0.15) is 0 Å². The van der Waals surface area contributed by atoms with E-state index in [2.05, 4.69) is 5.16 Å². The molecule has 1 aromatic heterocycles. The summed E-state index contributed by atoms with van der Waals surface area (Å²) in [6.45, 7) is 0. The standard InChI is InChI=1S/C11H11FN2O3/c1-15-8-3-6(12)4-9(16-2)11(8)7-5-10(13)17-14-7/h3-5H,13H2,1-2H3. The highest BCUT2D eigenvalue weighted by Gasteiger charge is 2.18. The highest BCUT2D eigenvalue weighted by atomic mass is 19.1. The van der Waals surface area contributed by atoms with Crippen molar-refractivity contribution < 1.29 is 18.4 Å². The fourth-order valence-corrected chi connectivity index (χ4v) is 1.54. The van der Waals surface area contributed by atoms with Gasteiger partial charge < -0.3 is 19.7 Å². The number of hydrogen-bond acceptors (Lipinski definition) is 5. The van der Waals surface area contributed by atoms with Crippen molar-refractivity contribution in [3.8, 4) is 22.8 Å². The summed E-state index contributed by atoms with van der Waals surface area (Å²) in [5.74, 6) is 0.303. The van der Waals surface area contributed by atoms with Gasteiger partial charge in [-0.1, -0.05) is 5.16 Å². The van der Waals surface area contributed by atoms with Gasteiger partial charge in [-0.25, -0.2) is 4.39 Å². The number of hydrogen-bond donors (Lipinski definition) is 1. The zero-order chi connectivity index (χ0) is 12.4. The summed E-state index contributed by atoms with van der Waals surface area (Å²) >= 11 is 0. The van der Waals surface area contributed by atoms with Crippen LogP contribution in [0, 0.1) is 5.82 Å². The first-order chi connectivity index (χ1) is 8.15. The van der Waals surface area contributed by atoms with Crippen LogP contribution in [0.15, 0.2) is 22.7 Å². The molecule has 1 aromatic carbocycles. The quantitative estimate of drug-likeness (QED) is 0.886. The Morgan fingerprint density at radius 1 is 1.18 bits per heavy atom. The molecular weight excluding hydrogens is 227 g/mol. The molecule has 6 heteroatoms. The van der Waals surface area contributed by atoms with E-state index in [1.54, 1.807) is 0 Å². The molecule has 0 saturated carbocycles. The molecule has 0 radical (unpaired) electrons. The third kappa shape index (κ3) is 2.01. The molecule has 2 aromatic rings. The molecule has 0 aliphatic carbocycles. The minimum Gasteiger partial charge on any atom is -0.496 e. The molecule has 1 heterocycles. The van der Waals surface area contributed by atoms with Crippen molar-refractivity contribution >= 4 is 5.88 Å². The molecule has 0 amide bonds. The van der Waals surface area contributed by atoms with E-state index in [1.165, 1.54) is 32.4 Å². The Labute approximate surface area is 96.9 Å². The molecule has 0 bridgehead atoms. The Morgan fingerprint density at radius 2 is 1.76 bits per heavy atom. The van der Waals surface area contributed by atoms with Gasteiger partial charge in [-0.3, -0.25) is 0 Å². The van der Waals surface area contributed by atoms with E-state index in [4.69, 9.17) is 19.7 Å². The van der Waals surface area contributed by atoms with Crippen LogP contribution < -0.4 is 15.2 Å². The molecule has 5 nitrogen and oxygen atoms in total. The first-order valence-corrected chi connectivity index (χ1v) is 4.79. The van der Waals surface area contributed by atoms with Crippen molar-refractivity contribution in [2.24, 2.45) is 0 Å². The van der Waals surface area contributed by atoms with Crippen molar-refractivity contribution in [1.29, 1.82) is 0 Å². The summed E-state index contributed by atoms with van der Waals surface area (Å²) in [5, 5.41) is 3.75. The van der Waals surface area contributed by atoms with Gasteiger partial charge >= 0.3 is 0 Å². The van der Waals surface area contributed by atoms with Crippen LogP contribution in [-0.4, -0.2) is 19.4 Å². The minimum absolute atomic E-state index is 0.161. The Morgan fingerprint density at radius 3 is 2.18 bits per heavy atom. The molecule has 0 aliphatic rings. The molecule has 2 rings (SSSR count). The molecule has 0 aliphatic heterocycles. The minimum atomic E-state index is -0.459. The Hall–Kier alpha value is -2.24. The maximum atomic E-state index is 13.3. The van der Waals surface area contributed by atoms with Crippen LogP contribution in [-0.2, 0) is 0 Å². The van der Waals surface area contributed by atoms with Crippen LogP contribution in [0.2, 0.25) is 0 Å². The molecule has 17 heavy (non-hydrogen) atoms. The molecule has 0 saturated heterocycles. The zero-order valence-corrected chi connectivity index (χ0v) is 9.36. The van der Waals surface area contributed by atoms with Crippen molar-refractivity contribution in [2.45, 2.75) is 0 Å². The summed E-state index contributed by atoms with van der Waals surface area (Å²) in [6, 6.07) is 3.99. The Bertz CT molecular complexity index is 514. The van der Waals surface area contributed by atoms with Gasteiger partial charge in [-0.05, 0) is 0 Å². The van der Waals surface area contributed by atoms with E-state index in [0.29, 0.717) is 22.8 Å². The largest absolute Gasteiger partial charge is 0.496 e. The number of rotatable bonds is 3. The van der Waals surface area contributed by atoms with Gasteiger partial charge in [0.2, 0.25) is 5.88 Å². The smallest absolute Gasteiger partial charge is 0.222 e. The predicted molar refractivity (Wildman–Crippen MR) is 59.4 cm³/mol.